The van der Waals surface area contributed by atoms with Gasteiger partial charge in [0.2, 0.25) is 15.9 Å². The highest BCUT2D eigenvalue weighted by atomic mass is 32.2. The summed E-state index contributed by atoms with van der Waals surface area (Å²) in [4.78, 5) is 11.5. The Morgan fingerprint density at radius 2 is 1.95 bits per heavy atom. The molecule has 4 rings (SSSR count). The highest BCUT2D eigenvalue weighted by molar-refractivity contribution is 7.92. The Kier molecular flexibility index (Phi) is 7.67. The molecule has 0 bridgehead atoms. The fourth-order valence-electron chi connectivity index (χ4n) is 3.86. The van der Waals surface area contributed by atoms with Gasteiger partial charge < -0.3 is 15.0 Å². The van der Waals surface area contributed by atoms with Crippen LogP contribution < -0.4 is 10.0 Å². The molecule has 0 aliphatic rings. The minimum Gasteiger partial charge on any atom is -0.426 e. The Bertz CT molecular complexity index is 1640. The van der Waals surface area contributed by atoms with E-state index in [-0.39, 0.29) is 35.2 Å². The van der Waals surface area contributed by atoms with Gasteiger partial charge in [-0.2, -0.15) is 0 Å². The average molecular weight is 542 g/mol. The summed E-state index contributed by atoms with van der Waals surface area (Å²) in [7, 11) is -3.78. The molecule has 2 heterocycles. The summed E-state index contributed by atoms with van der Waals surface area (Å²) in [5, 5.41) is 19.0. The fraction of sp³-hybridized carbons (Fsp3) is 0.200. The number of nitrogens with one attached hydrogen (secondary N) is 5. The number of rotatable bonds is 9. The van der Waals surface area contributed by atoms with Gasteiger partial charge in [0.15, 0.2) is 11.7 Å². The van der Waals surface area contributed by atoms with E-state index in [0.717, 1.165) is 12.1 Å². The summed E-state index contributed by atoms with van der Waals surface area (Å²) in [6.07, 6.45) is 3.02. The smallest absolute Gasteiger partial charge is 0.232 e. The van der Waals surface area contributed by atoms with Gasteiger partial charge in [0.05, 0.1) is 16.8 Å². The zero-order valence-corrected chi connectivity index (χ0v) is 21.3. The second kappa shape index (κ2) is 10.9. The van der Waals surface area contributed by atoms with Gasteiger partial charge in [0.1, 0.15) is 23.6 Å². The Morgan fingerprint density at radius 1 is 1.16 bits per heavy atom. The van der Waals surface area contributed by atoms with E-state index in [0.29, 0.717) is 40.1 Å². The maximum Gasteiger partial charge on any atom is 0.232 e. The van der Waals surface area contributed by atoms with Crippen molar-refractivity contribution in [2.24, 2.45) is 0 Å². The third-order valence-corrected chi connectivity index (χ3v) is 6.96. The Morgan fingerprint density at radius 3 is 2.68 bits per heavy atom. The molecule has 38 heavy (non-hydrogen) atoms. The first-order chi connectivity index (χ1) is 18.1. The van der Waals surface area contributed by atoms with E-state index < -0.39 is 21.7 Å². The van der Waals surface area contributed by atoms with Crippen LogP contribution in [0.2, 0.25) is 0 Å². The first-order valence-corrected chi connectivity index (χ1v) is 13.2. The van der Waals surface area contributed by atoms with Crippen LogP contribution in [0.4, 0.5) is 26.0 Å². The van der Waals surface area contributed by atoms with Crippen LogP contribution in [0.3, 0.4) is 0 Å². The summed E-state index contributed by atoms with van der Waals surface area (Å²) >= 11 is 0. The first-order valence-electron chi connectivity index (χ1n) is 11.5. The second-order valence-corrected chi connectivity index (χ2v) is 10.3. The van der Waals surface area contributed by atoms with E-state index >= 15 is 4.39 Å². The lowest BCUT2D eigenvalue weighted by atomic mass is 10.0. The lowest BCUT2D eigenvalue weighted by Gasteiger charge is -2.13. The molecule has 2 aromatic carbocycles. The number of halogens is 2. The van der Waals surface area contributed by atoms with Gasteiger partial charge >= 0.3 is 0 Å². The second-order valence-electron chi connectivity index (χ2n) is 8.44. The number of sulfonamides is 1. The van der Waals surface area contributed by atoms with Gasteiger partial charge in [0.25, 0.3) is 0 Å². The largest absolute Gasteiger partial charge is 0.426 e. The van der Waals surface area contributed by atoms with Crippen LogP contribution in [0.5, 0.6) is 0 Å². The average Bonchev–Trinajstić information content (AvgIpc) is 3.27. The highest BCUT2D eigenvalue weighted by Crippen LogP contribution is 2.31. The molecule has 13 heteroatoms. The number of ether oxygens (including phenoxy) is 1. The third-order valence-electron chi connectivity index (χ3n) is 5.49. The van der Waals surface area contributed by atoms with Gasteiger partial charge in [-0.1, -0.05) is 13.0 Å². The molecule has 0 aliphatic heterocycles. The fourth-order valence-corrected chi connectivity index (χ4v) is 5.00. The van der Waals surface area contributed by atoms with E-state index in [2.05, 4.69) is 25.0 Å². The number of nitrogens with zero attached hydrogens (tertiary/aromatic N) is 2. The van der Waals surface area contributed by atoms with Crippen molar-refractivity contribution in [2.45, 2.75) is 26.7 Å². The van der Waals surface area contributed by atoms with Gasteiger partial charge in [-0.15, -0.1) is 0 Å². The van der Waals surface area contributed by atoms with E-state index in [1.807, 2.05) is 0 Å². The molecule has 0 saturated carbocycles. The minimum atomic E-state index is -3.78. The monoisotopic (exact) mass is 541 g/mol. The van der Waals surface area contributed by atoms with Crippen LogP contribution in [0.1, 0.15) is 37.0 Å². The number of fused-ring (bicyclic) bond motifs is 1. The van der Waals surface area contributed by atoms with Gasteiger partial charge in [0, 0.05) is 36.4 Å². The third kappa shape index (κ3) is 5.94. The molecule has 0 radical (unpaired) electrons. The topological polar surface area (TPSA) is 157 Å². The van der Waals surface area contributed by atoms with Crippen LogP contribution in [-0.2, 0) is 21.2 Å². The summed E-state index contributed by atoms with van der Waals surface area (Å²) in [6, 6.07) is 8.80. The van der Waals surface area contributed by atoms with Crippen LogP contribution in [0, 0.1) is 22.5 Å². The van der Waals surface area contributed by atoms with Crippen molar-refractivity contribution in [2.75, 3.05) is 15.8 Å². The van der Waals surface area contributed by atoms with Crippen LogP contribution in [0.25, 0.3) is 11.0 Å². The van der Waals surface area contributed by atoms with Crippen molar-refractivity contribution in [1.29, 1.82) is 10.8 Å². The molecule has 2 aromatic heterocycles. The molecule has 0 fully saturated rings. The first kappa shape index (κ1) is 26.7. The quantitative estimate of drug-likeness (QED) is 0.147. The maximum absolute atomic E-state index is 15.3. The van der Waals surface area contributed by atoms with Gasteiger partial charge in [-0.3, -0.25) is 15.5 Å². The molecule has 0 unspecified atom stereocenters. The molecule has 10 nitrogen and oxygen atoms in total. The van der Waals surface area contributed by atoms with Crippen molar-refractivity contribution in [3.63, 3.8) is 0 Å². The molecule has 0 atom stereocenters. The Hall–Kier alpha value is -4.39. The molecule has 0 amide bonds. The molecular weight excluding hydrogens is 516 g/mol. The molecule has 4 aromatic rings. The molecule has 0 spiro atoms. The molecular formula is C25H25F2N7O3S. The predicted octanol–water partition coefficient (Wildman–Crippen LogP) is 5.06. The number of aromatic amines is 1. The summed E-state index contributed by atoms with van der Waals surface area (Å²) in [5.41, 5.74) is 1.23. The van der Waals surface area contributed by atoms with E-state index in [4.69, 9.17) is 15.6 Å². The lowest BCUT2D eigenvalue weighted by Crippen LogP contribution is -2.17. The number of hydrogen-bond acceptors (Lipinski definition) is 8. The number of benzene rings is 2. The number of aromatic nitrogens is 3. The minimum absolute atomic E-state index is 0.121. The number of anilines is 3. The van der Waals surface area contributed by atoms with Crippen LogP contribution >= 0.6 is 0 Å². The highest BCUT2D eigenvalue weighted by Gasteiger charge is 2.21. The molecule has 0 saturated heterocycles. The lowest BCUT2D eigenvalue weighted by molar-refractivity contribution is 0.532. The zero-order chi connectivity index (χ0) is 27.4. The van der Waals surface area contributed by atoms with Crippen molar-refractivity contribution in [3.05, 3.63) is 77.2 Å². The van der Waals surface area contributed by atoms with Gasteiger partial charge in [-0.05, 0) is 42.3 Å². The van der Waals surface area contributed by atoms with Crippen LogP contribution in [0.15, 0.2) is 48.9 Å². The zero-order valence-electron chi connectivity index (χ0n) is 20.5. The summed E-state index contributed by atoms with van der Waals surface area (Å²) in [6.45, 7) is 3.10. The predicted molar refractivity (Wildman–Crippen MR) is 142 cm³/mol. The number of H-pyrrole nitrogens is 1. The van der Waals surface area contributed by atoms with E-state index in [1.54, 1.807) is 37.4 Å². The van der Waals surface area contributed by atoms with E-state index in [9.17, 15) is 12.8 Å². The molecule has 198 valence electrons. The SMILES string of the molecule is CCCS(=O)(=O)Nc1ccc(F)c(Cc2c[nH]c3ncnc(Nc4cccc(C(=N)OC(C)=N)c4)c23)c1F. The number of hydrogen-bond donors (Lipinski definition) is 5. The Labute approximate surface area is 217 Å². The molecule has 0 aliphatic carbocycles. The van der Waals surface area contributed by atoms with E-state index in [1.165, 1.54) is 13.3 Å². The van der Waals surface area contributed by atoms with Crippen molar-refractivity contribution >= 4 is 50.0 Å². The normalized spacial score (nSPS) is 11.4. The maximum atomic E-state index is 15.3. The van der Waals surface area contributed by atoms with Crippen molar-refractivity contribution in [1.82, 2.24) is 15.0 Å². The summed E-state index contributed by atoms with van der Waals surface area (Å²) < 4.78 is 61.6. The summed E-state index contributed by atoms with van der Waals surface area (Å²) in [5.74, 6) is -1.99. The van der Waals surface area contributed by atoms with Gasteiger partial charge in [-0.25, -0.2) is 27.2 Å². The molecule has 5 N–H and O–H groups in total. The van der Waals surface area contributed by atoms with Crippen LogP contribution in [-0.4, -0.2) is 40.9 Å². The standard InChI is InChI=1S/C25H25F2N7O3S/c1-3-9-38(35,36)34-20-8-7-19(26)18(22(20)27)11-16-12-30-24-21(16)25(32-13-31-24)33-17-6-4-5-15(10-17)23(29)37-14(2)28/h4-8,10,12-13,28-29,34H,3,9,11H2,1-2H3,(H2,30,31,32,33). The van der Waals surface area contributed by atoms with Crippen molar-refractivity contribution in [3.8, 4) is 0 Å². The Balaban J connectivity index is 1.68. The van der Waals surface area contributed by atoms with Crippen molar-refractivity contribution < 1.29 is 21.9 Å².